The topological polar surface area (TPSA) is 71.8 Å². The first-order valence-electron chi connectivity index (χ1n) is 10.0. The van der Waals surface area contributed by atoms with Gasteiger partial charge in [0.05, 0.1) is 5.56 Å². The lowest BCUT2D eigenvalue weighted by atomic mass is 10.1. The fraction of sp³-hybridized carbons (Fsp3) is 0.545. The molecule has 0 aliphatic heterocycles. The summed E-state index contributed by atoms with van der Waals surface area (Å²) in [5.41, 5.74) is 14.2. The molecule has 0 atom stereocenters. The fourth-order valence-electron chi connectivity index (χ4n) is 4.63. The van der Waals surface area contributed by atoms with E-state index >= 15 is 0 Å². The number of aromatic nitrogens is 2. The molecule has 1 fully saturated rings. The highest BCUT2D eigenvalue weighted by atomic mass is 28.3. The van der Waals surface area contributed by atoms with E-state index < -0.39 is 14.0 Å². The maximum absolute atomic E-state index is 12.1. The van der Waals surface area contributed by atoms with E-state index in [9.17, 15) is 4.79 Å². The minimum atomic E-state index is -1.90. The first-order valence-corrected chi connectivity index (χ1v) is 12.3. The molecule has 3 rings (SSSR count). The second-order valence-corrected chi connectivity index (χ2v) is 14.4. The first kappa shape index (κ1) is 19.7. The van der Waals surface area contributed by atoms with Crippen LogP contribution in [-0.2, 0) is 0 Å². The molecule has 1 amide bonds. The summed E-state index contributed by atoms with van der Waals surface area (Å²) in [4.78, 5) is 19.9. The molecule has 27 heavy (non-hydrogen) atoms. The van der Waals surface area contributed by atoms with E-state index in [1.165, 1.54) is 18.5 Å². The molecule has 0 bridgehead atoms. The van der Waals surface area contributed by atoms with Crippen molar-refractivity contribution in [2.24, 2.45) is 5.73 Å². The number of nitrogens with zero attached hydrogens (tertiary/aromatic N) is 1. The normalized spacial score (nSPS) is 14.9. The quantitative estimate of drug-likeness (QED) is 0.558. The Morgan fingerprint density at radius 3 is 2.26 bits per heavy atom. The van der Waals surface area contributed by atoms with Crippen molar-refractivity contribution in [2.75, 3.05) is 0 Å². The predicted molar refractivity (Wildman–Crippen MR) is 115 cm³/mol. The number of carbonyl (C=O) groups excluding carboxylic acids is 1. The highest BCUT2D eigenvalue weighted by molar-refractivity contribution is 6.90. The average Bonchev–Trinajstić information content (AvgIpc) is 3.33. The van der Waals surface area contributed by atoms with Crippen molar-refractivity contribution < 1.29 is 4.79 Å². The second kappa shape index (κ2) is 7.16. The summed E-state index contributed by atoms with van der Waals surface area (Å²) in [7, 11) is -1.90. The van der Waals surface area contributed by atoms with Crippen molar-refractivity contribution in [1.29, 1.82) is 0 Å². The highest BCUT2D eigenvalue weighted by Gasteiger charge is 2.41. The van der Waals surface area contributed by atoms with Crippen molar-refractivity contribution in [3.05, 3.63) is 29.1 Å². The van der Waals surface area contributed by atoms with Gasteiger partial charge in [0.2, 0.25) is 0 Å². The van der Waals surface area contributed by atoms with E-state index in [1.807, 2.05) is 0 Å². The number of carbonyl (C=O) groups is 1. The molecular weight excluding hydrogens is 350 g/mol. The standard InChI is InChI=1S/C22H31N3OSi/c1-13(2)27(14(3)4,15(5)6)10-9-17-18-11-20(16-7-8-16)25-22(18)24-12-19(17)21(23)26/h11-16H,7-8H2,1-6H3,(H2,23,26)(H,24,25). The number of H-pyrrole nitrogens is 1. The van der Waals surface area contributed by atoms with E-state index in [1.54, 1.807) is 6.20 Å². The van der Waals surface area contributed by atoms with Crippen LogP contribution < -0.4 is 5.73 Å². The number of amides is 1. The molecule has 0 unspecified atom stereocenters. The van der Waals surface area contributed by atoms with E-state index in [0.29, 0.717) is 28.1 Å². The lowest BCUT2D eigenvalue weighted by Gasteiger charge is -2.38. The summed E-state index contributed by atoms with van der Waals surface area (Å²) in [5, 5.41) is 0.930. The molecule has 144 valence electrons. The Morgan fingerprint density at radius 1 is 1.19 bits per heavy atom. The number of nitrogens with two attached hydrogens (primary N) is 1. The van der Waals surface area contributed by atoms with Gasteiger partial charge in [0, 0.05) is 22.8 Å². The maximum atomic E-state index is 12.1. The molecule has 1 aliphatic carbocycles. The van der Waals surface area contributed by atoms with Crippen LogP contribution in [0.3, 0.4) is 0 Å². The number of fused-ring (bicyclic) bond motifs is 1. The van der Waals surface area contributed by atoms with Crippen LogP contribution in [0.2, 0.25) is 16.6 Å². The second-order valence-electron chi connectivity index (χ2n) is 8.82. The predicted octanol–water partition coefficient (Wildman–Crippen LogP) is 5.11. The number of pyridine rings is 1. The van der Waals surface area contributed by atoms with E-state index in [-0.39, 0.29) is 0 Å². The lowest BCUT2D eigenvalue weighted by molar-refractivity contribution is 0.1000. The molecule has 1 saturated carbocycles. The van der Waals surface area contributed by atoms with Crippen LogP contribution in [0.4, 0.5) is 0 Å². The molecule has 2 heterocycles. The van der Waals surface area contributed by atoms with Gasteiger partial charge in [-0.25, -0.2) is 4.98 Å². The zero-order valence-electron chi connectivity index (χ0n) is 17.3. The summed E-state index contributed by atoms with van der Waals surface area (Å²) in [6.45, 7) is 13.7. The Kier molecular flexibility index (Phi) is 5.22. The number of hydrogen-bond donors (Lipinski definition) is 2. The molecular formula is C22H31N3OSi. The third kappa shape index (κ3) is 3.43. The largest absolute Gasteiger partial charge is 0.366 e. The number of hydrogen-bond acceptors (Lipinski definition) is 2. The van der Waals surface area contributed by atoms with Crippen LogP contribution in [0.15, 0.2) is 12.3 Å². The molecule has 0 saturated heterocycles. The Hall–Kier alpha value is -2.06. The van der Waals surface area contributed by atoms with Crippen LogP contribution >= 0.6 is 0 Å². The average molecular weight is 382 g/mol. The van der Waals surface area contributed by atoms with Gasteiger partial charge in [0.25, 0.3) is 5.91 Å². The van der Waals surface area contributed by atoms with Crippen LogP contribution in [-0.4, -0.2) is 23.9 Å². The minimum Gasteiger partial charge on any atom is -0.366 e. The minimum absolute atomic E-state index is 0.426. The molecule has 0 aromatic carbocycles. The van der Waals surface area contributed by atoms with Crippen molar-refractivity contribution in [1.82, 2.24) is 9.97 Å². The molecule has 0 radical (unpaired) electrons. The van der Waals surface area contributed by atoms with Crippen molar-refractivity contribution in [3.8, 4) is 11.5 Å². The van der Waals surface area contributed by atoms with Crippen LogP contribution in [0.1, 0.15) is 81.9 Å². The maximum Gasteiger partial charge on any atom is 0.251 e. The molecule has 2 aromatic heterocycles. The van der Waals surface area contributed by atoms with Gasteiger partial charge in [-0.2, -0.15) is 0 Å². The zero-order valence-corrected chi connectivity index (χ0v) is 18.3. The Balaban J connectivity index is 2.22. The van der Waals surface area contributed by atoms with Gasteiger partial charge in [0.15, 0.2) is 0 Å². The van der Waals surface area contributed by atoms with E-state index in [2.05, 4.69) is 69.0 Å². The van der Waals surface area contributed by atoms with Crippen molar-refractivity contribution in [3.63, 3.8) is 0 Å². The number of primary amides is 1. The van der Waals surface area contributed by atoms with Gasteiger partial charge in [-0.1, -0.05) is 47.5 Å². The summed E-state index contributed by atoms with van der Waals surface area (Å²) in [6, 6.07) is 2.12. The molecule has 1 aliphatic rings. The van der Waals surface area contributed by atoms with Gasteiger partial charge in [0.1, 0.15) is 13.7 Å². The molecule has 5 heteroatoms. The summed E-state index contributed by atoms with van der Waals surface area (Å²) in [5.74, 6) is 3.57. The number of aromatic amines is 1. The molecule has 2 aromatic rings. The molecule has 3 N–H and O–H groups in total. The van der Waals surface area contributed by atoms with Crippen LogP contribution in [0, 0.1) is 11.5 Å². The van der Waals surface area contributed by atoms with E-state index in [0.717, 1.165) is 16.6 Å². The third-order valence-corrected chi connectivity index (χ3v) is 12.5. The van der Waals surface area contributed by atoms with Crippen molar-refractivity contribution >= 4 is 25.0 Å². The van der Waals surface area contributed by atoms with Crippen LogP contribution in [0.5, 0.6) is 0 Å². The Morgan fingerprint density at radius 2 is 1.78 bits per heavy atom. The third-order valence-electron chi connectivity index (χ3n) is 6.23. The van der Waals surface area contributed by atoms with E-state index in [4.69, 9.17) is 5.73 Å². The summed E-state index contributed by atoms with van der Waals surface area (Å²) >= 11 is 0. The SMILES string of the molecule is CC(C)[Si](C#Cc1c(C(N)=O)cnc2[nH]c(C3CC3)cc12)(C(C)C)C(C)C. The van der Waals surface area contributed by atoms with Gasteiger partial charge < -0.3 is 10.7 Å². The highest BCUT2D eigenvalue weighted by Crippen LogP contribution is 2.42. The Bertz CT molecular complexity index is 904. The van der Waals surface area contributed by atoms with Gasteiger partial charge in [-0.05, 0) is 41.4 Å². The van der Waals surface area contributed by atoms with Crippen molar-refractivity contribution in [2.45, 2.75) is 76.9 Å². The lowest BCUT2D eigenvalue weighted by Crippen LogP contribution is -2.43. The monoisotopic (exact) mass is 381 g/mol. The van der Waals surface area contributed by atoms with Crippen LogP contribution in [0.25, 0.3) is 11.0 Å². The molecule has 4 nitrogen and oxygen atoms in total. The van der Waals surface area contributed by atoms with Gasteiger partial charge in [-0.3, -0.25) is 4.79 Å². The number of nitrogens with one attached hydrogen (secondary N) is 1. The number of rotatable bonds is 5. The zero-order chi connectivity index (χ0) is 19.9. The summed E-state index contributed by atoms with van der Waals surface area (Å²) < 4.78 is 0. The van der Waals surface area contributed by atoms with Gasteiger partial charge >= 0.3 is 0 Å². The molecule has 0 spiro atoms. The fourth-order valence-corrected chi connectivity index (χ4v) is 9.84. The Labute approximate surface area is 163 Å². The first-order chi connectivity index (χ1) is 12.7. The summed E-state index contributed by atoms with van der Waals surface area (Å²) in [6.07, 6.45) is 3.99. The van der Waals surface area contributed by atoms with Gasteiger partial charge in [-0.15, -0.1) is 5.54 Å². The smallest absolute Gasteiger partial charge is 0.251 e.